The minimum absolute atomic E-state index is 0.488. The fourth-order valence-electron chi connectivity index (χ4n) is 2.92. The number of benzene rings is 1. The lowest BCUT2D eigenvalue weighted by atomic mass is 10.3. The van der Waals surface area contributed by atoms with Crippen molar-refractivity contribution in [1.29, 1.82) is 0 Å². The number of aromatic nitrogens is 2. The molecule has 9 heteroatoms. The number of ether oxygens (including phenoxy) is 1. The third-order valence-electron chi connectivity index (χ3n) is 4.45. The van der Waals surface area contributed by atoms with Gasteiger partial charge in [0.15, 0.2) is 5.11 Å². The number of hydrogen-bond acceptors (Lipinski definition) is 5. The molecule has 1 saturated heterocycles. The Labute approximate surface area is 175 Å². The van der Waals surface area contributed by atoms with Crippen molar-refractivity contribution in [2.75, 3.05) is 39.4 Å². The Bertz CT molecular complexity index is 804. The molecule has 1 aromatic carbocycles. The smallest absolute Gasteiger partial charge is 0.186 e. The molecule has 0 bridgehead atoms. The number of morpholine rings is 1. The van der Waals surface area contributed by atoms with Crippen LogP contribution < -0.4 is 10.7 Å². The highest BCUT2D eigenvalue weighted by atomic mass is 35.5. The number of nitrogens with one attached hydrogen (secondary N) is 2. The predicted octanol–water partition coefficient (Wildman–Crippen LogP) is 2.35. The highest BCUT2D eigenvalue weighted by Crippen LogP contribution is 2.21. The van der Waals surface area contributed by atoms with Crippen LogP contribution in [0.3, 0.4) is 0 Å². The lowest BCUT2D eigenvalue weighted by molar-refractivity contribution is 0.0376. The first-order valence-corrected chi connectivity index (χ1v) is 10.1. The number of hydrazone groups is 1. The van der Waals surface area contributed by atoms with Gasteiger partial charge in [-0.25, -0.2) is 4.68 Å². The largest absolute Gasteiger partial charge is 0.379 e. The summed E-state index contributed by atoms with van der Waals surface area (Å²) < 4.78 is 7.04. The lowest BCUT2D eigenvalue weighted by Crippen LogP contribution is -2.39. The van der Waals surface area contributed by atoms with Crippen LogP contribution >= 0.6 is 23.8 Å². The quantitative estimate of drug-likeness (QED) is 0.310. The van der Waals surface area contributed by atoms with Gasteiger partial charge >= 0.3 is 0 Å². The number of hydrogen-bond donors (Lipinski definition) is 2. The molecular weight excluding hydrogens is 396 g/mol. The Morgan fingerprint density at radius 2 is 2.07 bits per heavy atom. The molecule has 2 heterocycles. The van der Waals surface area contributed by atoms with Gasteiger partial charge in [0, 0.05) is 19.6 Å². The van der Waals surface area contributed by atoms with E-state index in [4.69, 9.17) is 28.6 Å². The second kappa shape index (κ2) is 10.5. The minimum Gasteiger partial charge on any atom is -0.379 e. The molecule has 2 N–H and O–H groups in total. The van der Waals surface area contributed by atoms with E-state index in [0.29, 0.717) is 10.3 Å². The summed E-state index contributed by atoms with van der Waals surface area (Å²) in [5.41, 5.74) is 5.29. The first kappa shape index (κ1) is 20.7. The van der Waals surface area contributed by atoms with Gasteiger partial charge in [0.1, 0.15) is 5.15 Å². The molecule has 7 nitrogen and oxygen atoms in total. The summed E-state index contributed by atoms with van der Waals surface area (Å²) >= 11 is 11.7. The highest BCUT2D eigenvalue weighted by molar-refractivity contribution is 7.80. The molecule has 0 spiro atoms. The molecule has 0 aliphatic carbocycles. The van der Waals surface area contributed by atoms with Gasteiger partial charge in [-0.2, -0.15) is 10.2 Å². The molecule has 2 aromatic rings. The molecule has 0 atom stereocenters. The van der Waals surface area contributed by atoms with E-state index < -0.39 is 0 Å². The minimum atomic E-state index is 0.488. The van der Waals surface area contributed by atoms with Crippen molar-refractivity contribution >= 4 is 35.1 Å². The summed E-state index contributed by atoms with van der Waals surface area (Å²) in [6.07, 6.45) is 2.66. The van der Waals surface area contributed by atoms with Crippen LogP contribution in [-0.4, -0.2) is 65.4 Å². The third kappa shape index (κ3) is 5.75. The molecule has 1 aromatic heterocycles. The first-order valence-electron chi connectivity index (χ1n) is 9.32. The Hall–Kier alpha value is -2.00. The summed E-state index contributed by atoms with van der Waals surface area (Å²) in [6.45, 7) is 7.39. The number of aryl methyl sites for hydroxylation is 1. The number of rotatable bonds is 7. The molecule has 150 valence electrons. The van der Waals surface area contributed by atoms with Gasteiger partial charge in [-0.15, -0.1) is 0 Å². The summed E-state index contributed by atoms with van der Waals surface area (Å²) in [4.78, 5) is 2.40. The second-order valence-electron chi connectivity index (χ2n) is 6.47. The molecule has 1 aliphatic rings. The summed E-state index contributed by atoms with van der Waals surface area (Å²) in [5, 5.41) is 12.8. The van der Waals surface area contributed by atoms with Crippen molar-refractivity contribution < 1.29 is 4.74 Å². The number of para-hydroxylation sites is 1. The van der Waals surface area contributed by atoms with Gasteiger partial charge in [-0.1, -0.05) is 29.8 Å². The van der Waals surface area contributed by atoms with Crippen LogP contribution in [0.5, 0.6) is 0 Å². The van der Waals surface area contributed by atoms with Gasteiger partial charge in [0.05, 0.1) is 36.4 Å². The maximum atomic E-state index is 6.48. The monoisotopic (exact) mass is 420 g/mol. The van der Waals surface area contributed by atoms with Crippen LogP contribution in [0.25, 0.3) is 5.69 Å². The molecule has 28 heavy (non-hydrogen) atoms. The topological polar surface area (TPSA) is 66.7 Å². The molecule has 3 rings (SSSR count). The van der Waals surface area contributed by atoms with Crippen LogP contribution in [0.1, 0.15) is 17.7 Å². The van der Waals surface area contributed by atoms with E-state index in [9.17, 15) is 0 Å². The maximum absolute atomic E-state index is 6.48. The summed E-state index contributed by atoms with van der Waals surface area (Å²) in [5.74, 6) is 0. The van der Waals surface area contributed by atoms with Gasteiger partial charge in [-0.3, -0.25) is 10.3 Å². The second-order valence-corrected chi connectivity index (χ2v) is 7.24. The number of nitrogens with zero attached hydrogens (tertiary/aromatic N) is 4. The van der Waals surface area contributed by atoms with Crippen molar-refractivity contribution in [2.24, 2.45) is 5.10 Å². The summed E-state index contributed by atoms with van der Waals surface area (Å²) in [7, 11) is 0. The third-order valence-corrected chi connectivity index (χ3v) is 5.05. The average molecular weight is 421 g/mol. The fraction of sp³-hybridized carbons (Fsp3) is 0.421. The van der Waals surface area contributed by atoms with Gasteiger partial charge in [0.2, 0.25) is 0 Å². The molecule has 0 amide bonds. The predicted molar refractivity (Wildman–Crippen MR) is 117 cm³/mol. The number of halogens is 1. The van der Waals surface area contributed by atoms with Crippen molar-refractivity contribution in [1.82, 2.24) is 25.4 Å². The Kier molecular flexibility index (Phi) is 7.79. The number of thiocarbonyl (C=S) groups is 1. The first-order chi connectivity index (χ1) is 13.6. The summed E-state index contributed by atoms with van der Waals surface area (Å²) in [6, 6.07) is 9.75. The van der Waals surface area contributed by atoms with Crippen molar-refractivity contribution in [3.8, 4) is 5.69 Å². The Balaban J connectivity index is 1.45. The zero-order valence-corrected chi connectivity index (χ0v) is 17.5. The van der Waals surface area contributed by atoms with Crippen LogP contribution in [0.15, 0.2) is 35.4 Å². The molecule has 0 unspecified atom stereocenters. The standard InChI is InChI=1S/C19H25ClN6OS/c1-15-17(18(20)26(24-15)16-6-3-2-4-7-16)14-22-23-19(28)21-8-5-9-25-10-12-27-13-11-25/h2-4,6-7,14H,5,8-13H2,1H3,(H2,21,23,28). The van der Waals surface area contributed by atoms with Crippen molar-refractivity contribution in [3.05, 3.63) is 46.7 Å². The maximum Gasteiger partial charge on any atom is 0.186 e. The Morgan fingerprint density at radius 3 is 2.82 bits per heavy atom. The van der Waals surface area contributed by atoms with Gasteiger partial charge < -0.3 is 10.1 Å². The van der Waals surface area contributed by atoms with E-state index in [1.807, 2.05) is 37.3 Å². The Morgan fingerprint density at radius 1 is 1.32 bits per heavy atom. The molecule has 0 saturated carbocycles. The van der Waals surface area contributed by atoms with E-state index >= 15 is 0 Å². The average Bonchev–Trinajstić information content (AvgIpc) is 3.01. The van der Waals surface area contributed by atoms with Crippen molar-refractivity contribution in [3.63, 3.8) is 0 Å². The molecule has 1 fully saturated rings. The van der Waals surface area contributed by atoms with E-state index in [2.05, 4.69) is 25.8 Å². The van der Waals surface area contributed by atoms with E-state index in [1.54, 1.807) is 10.9 Å². The van der Waals surface area contributed by atoms with Crippen LogP contribution in [0.2, 0.25) is 5.15 Å². The molecular formula is C19H25ClN6OS. The highest BCUT2D eigenvalue weighted by Gasteiger charge is 2.13. The molecule has 1 aliphatic heterocycles. The van der Waals surface area contributed by atoms with E-state index in [-0.39, 0.29) is 0 Å². The van der Waals surface area contributed by atoms with Crippen LogP contribution in [0.4, 0.5) is 0 Å². The zero-order valence-electron chi connectivity index (χ0n) is 15.9. The fourth-order valence-corrected chi connectivity index (χ4v) is 3.40. The van der Waals surface area contributed by atoms with Gasteiger partial charge in [0.25, 0.3) is 0 Å². The van der Waals surface area contributed by atoms with E-state index in [0.717, 1.165) is 62.8 Å². The van der Waals surface area contributed by atoms with Crippen LogP contribution in [-0.2, 0) is 4.74 Å². The van der Waals surface area contributed by atoms with E-state index in [1.165, 1.54) is 0 Å². The zero-order chi connectivity index (χ0) is 19.8. The molecule has 0 radical (unpaired) electrons. The van der Waals surface area contributed by atoms with Crippen LogP contribution in [0, 0.1) is 6.92 Å². The normalized spacial score (nSPS) is 15.1. The van der Waals surface area contributed by atoms with Gasteiger partial charge in [-0.05, 0) is 44.2 Å². The van der Waals surface area contributed by atoms with Crippen molar-refractivity contribution in [2.45, 2.75) is 13.3 Å². The SMILES string of the molecule is Cc1nn(-c2ccccc2)c(Cl)c1C=NNC(=S)NCCCN1CCOCC1. The lowest BCUT2D eigenvalue weighted by Gasteiger charge is -2.26.